The van der Waals surface area contributed by atoms with Crippen molar-refractivity contribution in [1.82, 2.24) is 5.32 Å². The van der Waals surface area contributed by atoms with Crippen LogP contribution in [-0.4, -0.2) is 26.3 Å². The molecule has 0 amide bonds. The van der Waals surface area contributed by atoms with Crippen LogP contribution in [0.1, 0.15) is 64.7 Å². The maximum absolute atomic E-state index is 5.51. The highest BCUT2D eigenvalue weighted by Gasteiger charge is 2.26. The van der Waals surface area contributed by atoms with E-state index in [0.29, 0.717) is 0 Å². The lowest BCUT2D eigenvalue weighted by Gasteiger charge is -2.31. The van der Waals surface area contributed by atoms with Crippen molar-refractivity contribution >= 4 is 0 Å². The summed E-state index contributed by atoms with van der Waals surface area (Å²) in [5.74, 6) is 2.87. The van der Waals surface area contributed by atoms with Crippen LogP contribution in [0.25, 0.3) is 0 Å². The summed E-state index contributed by atoms with van der Waals surface area (Å²) in [6, 6.07) is 0. The number of hydrogen-bond donors (Lipinski definition) is 1. The van der Waals surface area contributed by atoms with Crippen molar-refractivity contribution in [2.75, 3.05) is 26.3 Å². The second-order valence-electron chi connectivity index (χ2n) is 6.65. The molecule has 1 N–H and O–H groups in total. The lowest BCUT2D eigenvalue weighted by molar-refractivity contribution is 0.0538. The molecule has 1 heterocycles. The zero-order valence-corrected chi connectivity index (χ0v) is 12.8. The molecular weight excluding hydrogens is 234 g/mol. The van der Waals surface area contributed by atoms with Crippen LogP contribution in [0.5, 0.6) is 0 Å². The van der Waals surface area contributed by atoms with E-state index in [1.807, 2.05) is 0 Å². The Kier molecular flexibility index (Phi) is 7.23. The Balaban J connectivity index is 1.80. The van der Waals surface area contributed by atoms with Gasteiger partial charge in [0.15, 0.2) is 0 Å². The summed E-state index contributed by atoms with van der Waals surface area (Å²) < 4.78 is 5.51. The molecule has 2 fully saturated rings. The number of nitrogens with one attached hydrogen (secondary N) is 1. The van der Waals surface area contributed by atoms with Gasteiger partial charge in [0.1, 0.15) is 0 Å². The number of ether oxygens (including phenoxy) is 1. The molecule has 0 aromatic heterocycles. The molecular formula is C17H33NO. The summed E-state index contributed by atoms with van der Waals surface area (Å²) in [7, 11) is 0. The fourth-order valence-corrected chi connectivity index (χ4v) is 3.91. The SMILES string of the molecule is CCCNCC1CCCCCC1CC1CCOCC1. The average molecular weight is 267 g/mol. The van der Waals surface area contributed by atoms with Gasteiger partial charge in [-0.15, -0.1) is 0 Å². The first kappa shape index (κ1) is 15.3. The molecule has 2 rings (SSSR count). The third kappa shape index (κ3) is 5.43. The monoisotopic (exact) mass is 267 g/mol. The predicted octanol–water partition coefficient (Wildman–Crippen LogP) is 4.00. The van der Waals surface area contributed by atoms with Gasteiger partial charge in [0.05, 0.1) is 0 Å². The van der Waals surface area contributed by atoms with Crippen LogP contribution >= 0.6 is 0 Å². The van der Waals surface area contributed by atoms with Crippen molar-refractivity contribution in [3.8, 4) is 0 Å². The van der Waals surface area contributed by atoms with E-state index in [-0.39, 0.29) is 0 Å². The molecule has 2 heteroatoms. The summed E-state index contributed by atoms with van der Waals surface area (Å²) >= 11 is 0. The molecule has 2 unspecified atom stereocenters. The third-order valence-corrected chi connectivity index (χ3v) is 5.13. The summed E-state index contributed by atoms with van der Waals surface area (Å²) in [5.41, 5.74) is 0. The van der Waals surface area contributed by atoms with Crippen molar-refractivity contribution in [3.63, 3.8) is 0 Å². The minimum atomic E-state index is 0.942. The zero-order valence-electron chi connectivity index (χ0n) is 12.8. The highest BCUT2D eigenvalue weighted by Crippen LogP contribution is 2.35. The molecule has 0 aromatic carbocycles. The van der Waals surface area contributed by atoms with Crippen LogP contribution in [0, 0.1) is 17.8 Å². The van der Waals surface area contributed by atoms with Crippen molar-refractivity contribution in [2.24, 2.45) is 17.8 Å². The van der Waals surface area contributed by atoms with Gasteiger partial charge in [0.25, 0.3) is 0 Å². The standard InChI is InChI=1S/C17H33NO/c1-2-10-18-14-17-7-5-3-4-6-16(17)13-15-8-11-19-12-9-15/h15-18H,2-14H2,1H3. The Bertz CT molecular complexity index is 225. The fourth-order valence-electron chi connectivity index (χ4n) is 3.91. The molecule has 1 aliphatic carbocycles. The van der Waals surface area contributed by atoms with E-state index in [1.165, 1.54) is 70.9 Å². The van der Waals surface area contributed by atoms with Crippen molar-refractivity contribution < 1.29 is 4.74 Å². The van der Waals surface area contributed by atoms with Gasteiger partial charge in [-0.3, -0.25) is 0 Å². The normalized spacial score (nSPS) is 30.2. The molecule has 2 aliphatic rings. The highest BCUT2D eigenvalue weighted by molar-refractivity contribution is 4.79. The topological polar surface area (TPSA) is 21.3 Å². The quantitative estimate of drug-likeness (QED) is 0.580. The molecule has 0 aromatic rings. The van der Waals surface area contributed by atoms with Crippen molar-refractivity contribution in [2.45, 2.75) is 64.7 Å². The summed E-state index contributed by atoms with van der Waals surface area (Å²) in [6.45, 7) is 6.74. The Morgan fingerprint density at radius 3 is 2.42 bits per heavy atom. The first-order chi connectivity index (χ1) is 9.40. The second kappa shape index (κ2) is 8.97. The van der Waals surface area contributed by atoms with Crippen LogP contribution in [0.2, 0.25) is 0 Å². The van der Waals surface area contributed by atoms with Gasteiger partial charge in [-0.05, 0) is 62.9 Å². The predicted molar refractivity (Wildman–Crippen MR) is 81.4 cm³/mol. The van der Waals surface area contributed by atoms with Crippen molar-refractivity contribution in [3.05, 3.63) is 0 Å². The summed E-state index contributed by atoms with van der Waals surface area (Å²) in [4.78, 5) is 0. The van der Waals surface area contributed by atoms with Crippen LogP contribution in [0.15, 0.2) is 0 Å². The van der Waals surface area contributed by atoms with Crippen LogP contribution < -0.4 is 5.32 Å². The zero-order chi connectivity index (χ0) is 13.3. The Morgan fingerprint density at radius 1 is 0.947 bits per heavy atom. The van der Waals surface area contributed by atoms with E-state index < -0.39 is 0 Å². The van der Waals surface area contributed by atoms with Gasteiger partial charge < -0.3 is 10.1 Å². The van der Waals surface area contributed by atoms with Gasteiger partial charge in [-0.1, -0.05) is 32.6 Å². The second-order valence-corrected chi connectivity index (χ2v) is 6.65. The van der Waals surface area contributed by atoms with E-state index in [4.69, 9.17) is 4.74 Å². The maximum atomic E-state index is 5.51. The molecule has 112 valence electrons. The van der Waals surface area contributed by atoms with Crippen molar-refractivity contribution in [1.29, 1.82) is 0 Å². The lowest BCUT2D eigenvalue weighted by atomic mass is 9.79. The first-order valence-corrected chi connectivity index (χ1v) is 8.68. The van der Waals surface area contributed by atoms with Gasteiger partial charge in [-0.25, -0.2) is 0 Å². The summed E-state index contributed by atoms with van der Waals surface area (Å²) in [6.07, 6.45) is 12.7. The largest absolute Gasteiger partial charge is 0.381 e. The molecule has 1 aliphatic heterocycles. The van der Waals surface area contributed by atoms with Crippen LogP contribution in [0.4, 0.5) is 0 Å². The fraction of sp³-hybridized carbons (Fsp3) is 1.00. The van der Waals surface area contributed by atoms with E-state index in [1.54, 1.807) is 0 Å². The minimum Gasteiger partial charge on any atom is -0.381 e. The van der Waals surface area contributed by atoms with E-state index in [2.05, 4.69) is 12.2 Å². The molecule has 19 heavy (non-hydrogen) atoms. The summed E-state index contributed by atoms with van der Waals surface area (Å²) in [5, 5.41) is 3.68. The molecule has 1 saturated heterocycles. The van der Waals surface area contributed by atoms with E-state index >= 15 is 0 Å². The van der Waals surface area contributed by atoms with Gasteiger partial charge in [0, 0.05) is 13.2 Å². The van der Waals surface area contributed by atoms with Crippen LogP contribution in [0.3, 0.4) is 0 Å². The van der Waals surface area contributed by atoms with E-state index in [0.717, 1.165) is 31.0 Å². The molecule has 2 atom stereocenters. The smallest absolute Gasteiger partial charge is 0.0468 e. The van der Waals surface area contributed by atoms with Gasteiger partial charge >= 0.3 is 0 Å². The molecule has 0 bridgehead atoms. The average Bonchev–Trinajstić information content (AvgIpc) is 2.66. The number of rotatable bonds is 6. The lowest BCUT2D eigenvalue weighted by Crippen LogP contribution is -2.30. The Morgan fingerprint density at radius 2 is 1.68 bits per heavy atom. The Labute approximate surface area is 119 Å². The third-order valence-electron chi connectivity index (χ3n) is 5.13. The Hall–Kier alpha value is -0.0800. The molecule has 2 nitrogen and oxygen atoms in total. The minimum absolute atomic E-state index is 0.942. The molecule has 0 spiro atoms. The molecule has 0 radical (unpaired) electrons. The van der Waals surface area contributed by atoms with Gasteiger partial charge in [-0.2, -0.15) is 0 Å². The maximum Gasteiger partial charge on any atom is 0.0468 e. The van der Waals surface area contributed by atoms with Crippen LogP contribution in [-0.2, 0) is 4.74 Å². The highest BCUT2D eigenvalue weighted by atomic mass is 16.5. The van der Waals surface area contributed by atoms with E-state index in [9.17, 15) is 0 Å². The first-order valence-electron chi connectivity index (χ1n) is 8.68. The molecule has 1 saturated carbocycles. The number of hydrogen-bond acceptors (Lipinski definition) is 2. The van der Waals surface area contributed by atoms with Gasteiger partial charge in [0.2, 0.25) is 0 Å².